The Morgan fingerprint density at radius 2 is 0.782 bits per heavy atom. The smallest absolute Gasteiger partial charge is 0.229 e. The molecule has 0 saturated carbocycles. The van der Waals surface area contributed by atoms with E-state index in [1.807, 2.05) is 140 Å². The van der Waals surface area contributed by atoms with Gasteiger partial charge in [-0.25, -0.2) is 29.9 Å². The highest BCUT2D eigenvalue weighted by Gasteiger charge is 2.20. The molecular weight excluding hydrogens is 677 g/mol. The Bertz CT molecular complexity index is 2950. The first-order valence-corrected chi connectivity index (χ1v) is 18.0. The molecule has 0 atom stereocenters. The number of aromatic nitrogens is 6. The SMILES string of the molecule is c1ccc(-c2cccc(-c3nc(-c4ccccc4)nc(-c4ccc(-c5nc(-c6ccccc6)nc6c5oc5ncc(-c7ccccc7)cc56)cc4)n3)c2)cc1. The lowest BCUT2D eigenvalue weighted by Crippen LogP contribution is -2.00. The van der Waals surface area contributed by atoms with Crippen molar-refractivity contribution in [2.24, 2.45) is 0 Å². The maximum absolute atomic E-state index is 6.44. The number of nitrogens with zero attached hydrogens (tertiary/aromatic N) is 6. The molecule has 0 radical (unpaired) electrons. The first kappa shape index (κ1) is 32.0. The Morgan fingerprint density at radius 1 is 0.327 bits per heavy atom. The fraction of sp³-hybridized carbons (Fsp3) is 0. The summed E-state index contributed by atoms with van der Waals surface area (Å²) in [4.78, 5) is 29.8. The summed E-state index contributed by atoms with van der Waals surface area (Å²) in [6, 6.07) is 59.0. The van der Waals surface area contributed by atoms with Crippen molar-refractivity contribution in [2.75, 3.05) is 0 Å². The molecule has 0 amide bonds. The summed E-state index contributed by atoms with van der Waals surface area (Å²) in [5.74, 6) is 2.37. The first-order chi connectivity index (χ1) is 27.2. The molecule has 0 aliphatic heterocycles. The van der Waals surface area contributed by atoms with Crippen LogP contribution in [0.4, 0.5) is 0 Å². The molecule has 0 spiro atoms. The fourth-order valence-electron chi connectivity index (χ4n) is 6.83. The highest BCUT2D eigenvalue weighted by atomic mass is 16.3. The van der Waals surface area contributed by atoms with E-state index >= 15 is 0 Å². The van der Waals surface area contributed by atoms with Gasteiger partial charge in [-0.2, -0.15) is 0 Å². The van der Waals surface area contributed by atoms with Crippen LogP contribution in [0.15, 0.2) is 187 Å². The molecule has 0 saturated heterocycles. The average molecular weight is 707 g/mol. The van der Waals surface area contributed by atoms with E-state index in [9.17, 15) is 0 Å². The zero-order valence-corrected chi connectivity index (χ0v) is 29.4. The van der Waals surface area contributed by atoms with Gasteiger partial charge in [0.1, 0.15) is 11.2 Å². The molecular formula is C48H30N6O. The zero-order chi connectivity index (χ0) is 36.6. The number of hydrogen-bond acceptors (Lipinski definition) is 7. The number of rotatable bonds is 7. The second-order valence-electron chi connectivity index (χ2n) is 13.2. The van der Waals surface area contributed by atoms with Crippen molar-refractivity contribution in [1.29, 1.82) is 0 Å². The molecule has 10 rings (SSSR count). The summed E-state index contributed by atoms with van der Waals surface area (Å²) in [6.07, 6.45) is 1.84. The molecule has 0 aliphatic carbocycles. The van der Waals surface area contributed by atoms with Crippen LogP contribution in [0.1, 0.15) is 0 Å². The number of pyridine rings is 1. The van der Waals surface area contributed by atoms with E-state index in [0.29, 0.717) is 45.8 Å². The summed E-state index contributed by atoms with van der Waals surface area (Å²) in [5, 5.41) is 0.830. The van der Waals surface area contributed by atoms with Gasteiger partial charge >= 0.3 is 0 Å². The maximum Gasteiger partial charge on any atom is 0.229 e. The summed E-state index contributed by atoms with van der Waals surface area (Å²) in [7, 11) is 0. The van der Waals surface area contributed by atoms with Crippen molar-refractivity contribution in [2.45, 2.75) is 0 Å². The van der Waals surface area contributed by atoms with Gasteiger partial charge in [0, 0.05) is 39.6 Å². The van der Waals surface area contributed by atoms with Crippen LogP contribution in [-0.2, 0) is 0 Å². The van der Waals surface area contributed by atoms with Gasteiger partial charge in [0.25, 0.3) is 0 Å². The van der Waals surface area contributed by atoms with Gasteiger partial charge in [-0.15, -0.1) is 0 Å². The van der Waals surface area contributed by atoms with Crippen LogP contribution >= 0.6 is 0 Å². The summed E-state index contributed by atoms with van der Waals surface area (Å²) in [5.41, 5.74) is 11.2. The molecule has 4 heterocycles. The van der Waals surface area contributed by atoms with E-state index in [1.165, 1.54) is 0 Å². The number of furan rings is 1. The number of hydrogen-bond donors (Lipinski definition) is 0. The minimum Gasteiger partial charge on any atom is -0.434 e. The third-order valence-electron chi connectivity index (χ3n) is 9.62. The Morgan fingerprint density at radius 3 is 1.38 bits per heavy atom. The molecule has 0 unspecified atom stereocenters. The average Bonchev–Trinajstić information content (AvgIpc) is 3.65. The van der Waals surface area contributed by atoms with Crippen LogP contribution in [0.3, 0.4) is 0 Å². The van der Waals surface area contributed by atoms with E-state index in [2.05, 4.69) is 42.5 Å². The maximum atomic E-state index is 6.44. The van der Waals surface area contributed by atoms with Crippen LogP contribution in [0.2, 0.25) is 0 Å². The number of fused-ring (bicyclic) bond motifs is 3. The van der Waals surface area contributed by atoms with Gasteiger partial charge in [0.05, 0.1) is 5.39 Å². The van der Waals surface area contributed by atoms with Crippen LogP contribution in [0.25, 0.3) is 101 Å². The first-order valence-electron chi connectivity index (χ1n) is 18.0. The Hall–Kier alpha value is -7.64. The Balaban J connectivity index is 1.10. The molecule has 7 nitrogen and oxygen atoms in total. The lowest BCUT2D eigenvalue weighted by Gasteiger charge is -2.10. The van der Waals surface area contributed by atoms with E-state index in [-0.39, 0.29) is 0 Å². The summed E-state index contributed by atoms with van der Waals surface area (Å²) in [6.45, 7) is 0. The van der Waals surface area contributed by atoms with Crippen LogP contribution in [-0.4, -0.2) is 29.9 Å². The summed E-state index contributed by atoms with van der Waals surface area (Å²) < 4.78 is 6.44. The highest BCUT2D eigenvalue weighted by molar-refractivity contribution is 6.07. The standard InChI is InChI=1S/C48H30N6O/c1-5-14-31(15-6-1)37-22-13-23-38(28-37)47-53-45(35-20-11-4-12-21-35)52-46(54-47)36-26-24-33(25-27-36)41-43-42(51-44(50-41)34-18-9-3-10-19-34)40-29-39(30-49-48(40)55-43)32-16-7-2-8-17-32/h1-30H. The van der Waals surface area contributed by atoms with Gasteiger partial charge < -0.3 is 4.42 Å². The lowest BCUT2D eigenvalue weighted by atomic mass is 10.0. The third-order valence-corrected chi connectivity index (χ3v) is 9.62. The minimum atomic E-state index is 0.509. The molecule has 0 fully saturated rings. The van der Waals surface area contributed by atoms with Gasteiger partial charge in [0.15, 0.2) is 28.9 Å². The van der Waals surface area contributed by atoms with Crippen LogP contribution < -0.4 is 0 Å². The monoisotopic (exact) mass is 706 g/mol. The Kier molecular flexibility index (Phi) is 8.00. The number of benzene rings is 6. The fourth-order valence-corrected chi connectivity index (χ4v) is 6.83. The molecule has 0 aliphatic rings. The molecule has 7 heteroatoms. The van der Waals surface area contributed by atoms with Gasteiger partial charge in [-0.3, -0.25) is 0 Å². The second kappa shape index (κ2) is 13.7. The van der Waals surface area contributed by atoms with Crippen molar-refractivity contribution in [3.63, 3.8) is 0 Å². The quantitative estimate of drug-likeness (QED) is 0.163. The normalized spacial score (nSPS) is 11.3. The van der Waals surface area contributed by atoms with Crippen molar-refractivity contribution >= 4 is 22.2 Å². The van der Waals surface area contributed by atoms with Crippen molar-refractivity contribution in [3.05, 3.63) is 182 Å². The van der Waals surface area contributed by atoms with Crippen molar-refractivity contribution in [3.8, 4) is 79.1 Å². The topological polar surface area (TPSA) is 90.5 Å². The second-order valence-corrected chi connectivity index (χ2v) is 13.2. The molecule has 10 aromatic rings. The largest absolute Gasteiger partial charge is 0.434 e. The molecule has 55 heavy (non-hydrogen) atoms. The minimum absolute atomic E-state index is 0.509. The van der Waals surface area contributed by atoms with E-state index in [1.54, 1.807) is 0 Å². The predicted octanol–water partition coefficient (Wildman–Crippen LogP) is 11.6. The molecule has 4 aromatic heterocycles. The van der Waals surface area contributed by atoms with Gasteiger partial charge in [0.2, 0.25) is 5.71 Å². The van der Waals surface area contributed by atoms with Crippen LogP contribution in [0, 0.1) is 0 Å². The predicted molar refractivity (Wildman–Crippen MR) is 219 cm³/mol. The van der Waals surface area contributed by atoms with Crippen molar-refractivity contribution < 1.29 is 4.42 Å². The third kappa shape index (κ3) is 6.19. The molecule has 6 aromatic carbocycles. The van der Waals surface area contributed by atoms with Gasteiger partial charge in [-0.1, -0.05) is 164 Å². The van der Waals surface area contributed by atoms with E-state index in [4.69, 9.17) is 34.3 Å². The van der Waals surface area contributed by atoms with Gasteiger partial charge in [-0.05, 0) is 28.8 Å². The molecule has 0 bridgehead atoms. The zero-order valence-electron chi connectivity index (χ0n) is 29.4. The summed E-state index contributed by atoms with van der Waals surface area (Å²) >= 11 is 0. The Labute approximate surface area is 316 Å². The molecule has 258 valence electrons. The molecule has 0 N–H and O–H groups in total. The van der Waals surface area contributed by atoms with Crippen LogP contribution in [0.5, 0.6) is 0 Å². The highest BCUT2D eigenvalue weighted by Crippen LogP contribution is 2.37. The lowest BCUT2D eigenvalue weighted by molar-refractivity contribution is 0.653. The van der Waals surface area contributed by atoms with Crippen molar-refractivity contribution in [1.82, 2.24) is 29.9 Å². The van der Waals surface area contributed by atoms with E-state index in [0.717, 1.165) is 55.5 Å². The van der Waals surface area contributed by atoms with E-state index < -0.39 is 0 Å².